The molecule has 0 aliphatic rings. The van der Waals surface area contributed by atoms with Crippen LogP contribution in [0.3, 0.4) is 0 Å². The van der Waals surface area contributed by atoms with Crippen LogP contribution in [0.4, 0.5) is 17.6 Å². The van der Waals surface area contributed by atoms with Gasteiger partial charge < -0.3 is 0 Å². The van der Waals surface area contributed by atoms with Crippen molar-refractivity contribution >= 4 is 21.7 Å². The predicted molar refractivity (Wildman–Crippen MR) is 49.1 cm³/mol. The standard InChI is InChI=1S/C9H5BrF4O/c1-4(15)6-2-5(10)3-7(11)8(6)9(12,13)14/h2-3H,1H3. The SMILES string of the molecule is CC(=O)c1cc(Br)cc(F)c1C(F)(F)F. The molecule has 15 heavy (non-hydrogen) atoms. The van der Waals surface area contributed by atoms with E-state index in [1.165, 1.54) is 0 Å². The fourth-order valence-electron chi connectivity index (χ4n) is 1.14. The van der Waals surface area contributed by atoms with Gasteiger partial charge in [-0.15, -0.1) is 0 Å². The van der Waals surface area contributed by atoms with Crippen LogP contribution in [-0.2, 0) is 6.18 Å². The summed E-state index contributed by atoms with van der Waals surface area (Å²) in [5, 5.41) is 0. The van der Waals surface area contributed by atoms with E-state index in [-0.39, 0.29) is 4.47 Å². The number of hydrogen-bond acceptors (Lipinski definition) is 1. The summed E-state index contributed by atoms with van der Waals surface area (Å²) in [6.45, 7) is 0.955. The number of rotatable bonds is 1. The molecule has 1 rings (SSSR count). The smallest absolute Gasteiger partial charge is 0.294 e. The zero-order chi connectivity index (χ0) is 11.8. The molecule has 0 saturated carbocycles. The highest BCUT2D eigenvalue weighted by Crippen LogP contribution is 2.35. The molecule has 82 valence electrons. The third-order valence-corrected chi connectivity index (χ3v) is 2.18. The molecule has 0 spiro atoms. The molecule has 0 saturated heterocycles. The molecular weight excluding hydrogens is 280 g/mol. The summed E-state index contributed by atoms with van der Waals surface area (Å²) in [5.41, 5.74) is -2.19. The van der Waals surface area contributed by atoms with E-state index >= 15 is 0 Å². The summed E-state index contributed by atoms with van der Waals surface area (Å²) < 4.78 is 50.3. The Morgan fingerprint density at radius 1 is 1.33 bits per heavy atom. The van der Waals surface area contributed by atoms with Crippen molar-refractivity contribution in [2.45, 2.75) is 13.1 Å². The van der Waals surface area contributed by atoms with E-state index in [1.54, 1.807) is 0 Å². The van der Waals surface area contributed by atoms with Crippen LogP contribution in [0.15, 0.2) is 16.6 Å². The number of hydrogen-bond donors (Lipinski definition) is 0. The van der Waals surface area contributed by atoms with Crippen molar-refractivity contribution in [3.05, 3.63) is 33.5 Å². The maximum Gasteiger partial charge on any atom is 0.419 e. The molecule has 1 aromatic rings. The first-order chi connectivity index (χ1) is 6.73. The second-order valence-electron chi connectivity index (χ2n) is 2.86. The molecule has 0 aromatic heterocycles. The number of ketones is 1. The second kappa shape index (κ2) is 3.92. The first-order valence-electron chi connectivity index (χ1n) is 3.80. The third kappa shape index (κ3) is 2.56. The predicted octanol–water partition coefficient (Wildman–Crippen LogP) is 3.81. The molecular formula is C9H5BrF4O. The lowest BCUT2D eigenvalue weighted by atomic mass is 10.0. The molecule has 0 fully saturated rings. The second-order valence-corrected chi connectivity index (χ2v) is 3.78. The van der Waals surface area contributed by atoms with Crippen LogP contribution in [0.2, 0.25) is 0 Å². The van der Waals surface area contributed by atoms with Crippen LogP contribution in [0.5, 0.6) is 0 Å². The van der Waals surface area contributed by atoms with Gasteiger partial charge in [-0.3, -0.25) is 4.79 Å². The summed E-state index contributed by atoms with van der Waals surface area (Å²) >= 11 is 2.82. The van der Waals surface area contributed by atoms with Gasteiger partial charge in [0, 0.05) is 10.0 Å². The normalized spacial score (nSPS) is 11.6. The summed E-state index contributed by atoms with van der Waals surface area (Å²) in [6, 6.07) is 1.63. The van der Waals surface area contributed by atoms with Crippen LogP contribution < -0.4 is 0 Å². The van der Waals surface area contributed by atoms with Crippen molar-refractivity contribution in [2.75, 3.05) is 0 Å². The van der Waals surface area contributed by atoms with E-state index in [1.807, 2.05) is 0 Å². The number of carbonyl (C=O) groups excluding carboxylic acids is 1. The molecule has 0 heterocycles. The topological polar surface area (TPSA) is 17.1 Å². The maximum atomic E-state index is 13.1. The lowest BCUT2D eigenvalue weighted by Gasteiger charge is -2.12. The van der Waals surface area contributed by atoms with Crippen LogP contribution >= 0.6 is 15.9 Å². The molecule has 1 aromatic carbocycles. The summed E-state index contributed by atoms with van der Waals surface area (Å²) in [7, 11) is 0. The van der Waals surface area contributed by atoms with Crippen molar-refractivity contribution in [1.29, 1.82) is 0 Å². The third-order valence-electron chi connectivity index (χ3n) is 1.72. The van der Waals surface area contributed by atoms with Crippen LogP contribution in [0, 0.1) is 5.82 Å². The van der Waals surface area contributed by atoms with E-state index in [0.717, 1.165) is 13.0 Å². The molecule has 0 N–H and O–H groups in total. The lowest BCUT2D eigenvalue weighted by Crippen LogP contribution is -2.14. The molecule has 0 aliphatic heterocycles. The van der Waals surface area contributed by atoms with Gasteiger partial charge in [0.1, 0.15) is 11.4 Å². The Bertz CT molecular complexity index is 411. The van der Waals surface area contributed by atoms with Crippen molar-refractivity contribution in [3.8, 4) is 0 Å². The first-order valence-corrected chi connectivity index (χ1v) is 4.60. The highest BCUT2D eigenvalue weighted by Gasteiger charge is 2.38. The van der Waals surface area contributed by atoms with Gasteiger partial charge in [0.2, 0.25) is 0 Å². The van der Waals surface area contributed by atoms with Gasteiger partial charge in [-0.2, -0.15) is 13.2 Å². The van der Waals surface area contributed by atoms with Crippen LogP contribution in [-0.4, -0.2) is 5.78 Å². The highest BCUT2D eigenvalue weighted by atomic mass is 79.9. The largest absolute Gasteiger partial charge is 0.419 e. The van der Waals surface area contributed by atoms with E-state index in [4.69, 9.17) is 0 Å². The molecule has 0 radical (unpaired) electrons. The minimum absolute atomic E-state index is 0.0956. The van der Waals surface area contributed by atoms with E-state index in [2.05, 4.69) is 15.9 Å². The van der Waals surface area contributed by atoms with Crippen molar-refractivity contribution < 1.29 is 22.4 Å². The average Bonchev–Trinajstić information content (AvgIpc) is 1.99. The Morgan fingerprint density at radius 2 is 1.87 bits per heavy atom. The molecule has 0 bridgehead atoms. The fraction of sp³-hybridized carbons (Fsp3) is 0.222. The molecule has 0 amide bonds. The van der Waals surface area contributed by atoms with Gasteiger partial charge >= 0.3 is 6.18 Å². The monoisotopic (exact) mass is 284 g/mol. The van der Waals surface area contributed by atoms with Crippen molar-refractivity contribution in [3.63, 3.8) is 0 Å². The van der Waals surface area contributed by atoms with Gasteiger partial charge in [0.15, 0.2) is 5.78 Å². The average molecular weight is 285 g/mol. The molecule has 0 unspecified atom stereocenters. The van der Waals surface area contributed by atoms with E-state index in [0.29, 0.717) is 6.07 Å². The maximum absolute atomic E-state index is 13.1. The first kappa shape index (κ1) is 12.2. The summed E-state index contributed by atoms with van der Waals surface area (Å²) in [6.07, 6.45) is -4.87. The lowest BCUT2D eigenvalue weighted by molar-refractivity contribution is -0.140. The van der Waals surface area contributed by atoms with Gasteiger partial charge in [0.05, 0.1) is 0 Å². The van der Waals surface area contributed by atoms with Gasteiger partial charge in [-0.1, -0.05) is 15.9 Å². The molecule has 1 nitrogen and oxygen atoms in total. The Hall–Kier alpha value is -0.910. The quantitative estimate of drug-likeness (QED) is 0.566. The van der Waals surface area contributed by atoms with Crippen molar-refractivity contribution in [1.82, 2.24) is 0 Å². The van der Waals surface area contributed by atoms with E-state index in [9.17, 15) is 22.4 Å². The van der Waals surface area contributed by atoms with Gasteiger partial charge in [-0.25, -0.2) is 4.39 Å². The van der Waals surface area contributed by atoms with Crippen molar-refractivity contribution in [2.24, 2.45) is 0 Å². The Morgan fingerprint density at radius 3 is 2.27 bits per heavy atom. The Balaban J connectivity index is 3.55. The Labute approximate surface area is 91.2 Å². The number of Topliss-reactive ketones (excluding diaryl/α,β-unsaturated/α-hetero) is 1. The number of alkyl halides is 3. The zero-order valence-electron chi connectivity index (χ0n) is 7.45. The summed E-state index contributed by atoms with van der Waals surface area (Å²) in [4.78, 5) is 10.9. The minimum atomic E-state index is -4.87. The summed E-state index contributed by atoms with van der Waals surface area (Å²) in [5.74, 6) is -2.29. The highest BCUT2D eigenvalue weighted by molar-refractivity contribution is 9.10. The van der Waals surface area contributed by atoms with Gasteiger partial charge in [0.25, 0.3) is 0 Å². The van der Waals surface area contributed by atoms with Crippen LogP contribution in [0.1, 0.15) is 22.8 Å². The van der Waals surface area contributed by atoms with Crippen LogP contribution in [0.25, 0.3) is 0 Å². The minimum Gasteiger partial charge on any atom is -0.294 e. The number of halogens is 5. The molecule has 0 atom stereocenters. The number of carbonyl (C=O) groups is 1. The molecule has 6 heteroatoms. The van der Waals surface area contributed by atoms with Gasteiger partial charge in [-0.05, 0) is 19.1 Å². The van der Waals surface area contributed by atoms with E-state index < -0.39 is 28.9 Å². The molecule has 0 aliphatic carbocycles. The zero-order valence-corrected chi connectivity index (χ0v) is 9.04. The number of benzene rings is 1. The Kier molecular flexibility index (Phi) is 3.18. The fourth-order valence-corrected chi connectivity index (χ4v) is 1.57.